The molecule has 0 bridgehead atoms. The summed E-state index contributed by atoms with van der Waals surface area (Å²) in [6.07, 6.45) is 0. The summed E-state index contributed by atoms with van der Waals surface area (Å²) in [5, 5.41) is 3.48. The molecule has 24 heavy (non-hydrogen) atoms. The molecule has 2 aromatic rings. The predicted octanol–water partition coefficient (Wildman–Crippen LogP) is 3.07. The van der Waals surface area contributed by atoms with Crippen LogP contribution in [0.1, 0.15) is 18.1 Å². The van der Waals surface area contributed by atoms with Crippen molar-refractivity contribution in [2.45, 2.75) is 26.1 Å². The smallest absolute Gasteiger partial charge is 0.161 e. The molecular weight excluding hydrogens is 300 g/mol. The summed E-state index contributed by atoms with van der Waals surface area (Å²) in [6.45, 7) is 6.94. The molecule has 1 saturated heterocycles. The normalized spacial score (nSPS) is 18.3. The van der Waals surface area contributed by atoms with Crippen molar-refractivity contribution in [1.82, 2.24) is 10.2 Å². The van der Waals surface area contributed by atoms with E-state index < -0.39 is 0 Å². The van der Waals surface area contributed by atoms with E-state index in [9.17, 15) is 0 Å². The van der Waals surface area contributed by atoms with Gasteiger partial charge >= 0.3 is 0 Å². The quantitative estimate of drug-likeness (QED) is 0.884. The standard InChI is InChI=1S/C20H26N2O2/c1-16-13-22(11-10-21-16)14-18-8-9-19(20(12-18)23-2)24-15-17-6-4-3-5-7-17/h3-9,12,16,21H,10-11,13-15H2,1-2H3/t16-/m0/s1. The minimum Gasteiger partial charge on any atom is -0.493 e. The van der Waals surface area contributed by atoms with E-state index in [1.807, 2.05) is 24.3 Å². The lowest BCUT2D eigenvalue weighted by Crippen LogP contribution is -2.48. The third kappa shape index (κ3) is 4.49. The fourth-order valence-corrected chi connectivity index (χ4v) is 3.08. The van der Waals surface area contributed by atoms with Gasteiger partial charge in [0.2, 0.25) is 0 Å². The number of nitrogens with one attached hydrogen (secondary N) is 1. The zero-order valence-corrected chi connectivity index (χ0v) is 14.5. The van der Waals surface area contributed by atoms with E-state index in [0.29, 0.717) is 12.6 Å². The second kappa shape index (κ2) is 8.18. The molecule has 128 valence electrons. The third-order valence-corrected chi connectivity index (χ3v) is 4.32. The van der Waals surface area contributed by atoms with E-state index in [1.165, 1.54) is 5.56 Å². The number of piperazine rings is 1. The maximum absolute atomic E-state index is 5.93. The number of ether oxygens (including phenoxy) is 2. The van der Waals surface area contributed by atoms with Gasteiger partial charge in [-0.05, 0) is 30.2 Å². The Morgan fingerprint density at radius 1 is 1.08 bits per heavy atom. The minimum atomic E-state index is 0.547. The summed E-state index contributed by atoms with van der Waals surface area (Å²) in [4.78, 5) is 2.47. The van der Waals surface area contributed by atoms with Crippen molar-refractivity contribution in [3.8, 4) is 11.5 Å². The summed E-state index contributed by atoms with van der Waals surface area (Å²) in [7, 11) is 1.70. The summed E-state index contributed by atoms with van der Waals surface area (Å²) >= 11 is 0. The van der Waals surface area contributed by atoms with Crippen molar-refractivity contribution in [1.29, 1.82) is 0 Å². The number of nitrogens with zero attached hydrogens (tertiary/aromatic N) is 1. The van der Waals surface area contributed by atoms with Crippen LogP contribution in [0.5, 0.6) is 11.5 Å². The predicted molar refractivity (Wildman–Crippen MR) is 96.5 cm³/mol. The van der Waals surface area contributed by atoms with Crippen LogP contribution in [0.25, 0.3) is 0 Å². The van der Waals surface area contributed by atoms with Crippen molar-refractivity contribution in [2.24, 2.45) is 0 Å². The van der Waals surface area contributed by atoms with E-state index in [1.54, 1.807) is 7.11 Å². The van der Waals surface area contributed by atoms with Gasteiger partial charge in [0.05, 0.1) is 7.11 Å². The first-order valence-electron chi connectivity index (χ1n) is 8.54. The molecule has 2 aromatic carbocycles. The zero-order chi connectivity index (χ0) is 16.8. The van der Waals surface area contributed by atoms with Crippen molar-refractivity contribution < 1.29 is 9.47 Å². The SMILES string of the molecule is COc1cc(CN2CCN[C@@H](C)C2)ccc1OCc1ccccc1. The van der Waals surface area contributed by atoms with Gasteiger partial charge in [-0.3, -0.25) is 4.90 Å². The van der Waals surface area contributed by atoms with Gasteiger partial charge in [0.15, 0.2) is 11.5 Å². The summed E-state index contributed by atoms with van der Waals surface area (Å²) in [5.41, 5.74) is 2.41. The molecule has 0 unspecified atom stereocenters. The number of hydrogen-bond donors (Lipinski definition) is 1. The summed E-state index contributed by atoms with van der Waals surface area (Å²) in [5.74, 6) is 1.59. The lowest BCUT2D eigenvalue weighted by Gasteiger charge is -2.31. The molecule has 0 saturated carbocycles. The molecular formula is C20H26N2O2. The first-order valence-corrected chi connectivity index (χ1v) is 8.54. The second-order valence-electron chi connectivity index (χ2n) is 6.35. The molecule has 0 radical (unpaired) electrons. The van der Waals surface area contributed by atoms with Crippen molar-refractivity contribution >= 4 is 0 Å². The van der Waals surface area contributed by atoms with Crippen LogP contribution < -0.4 is 14.8 Å². The molecule has 1 aliphatic rings. The minimum absolute atomic E-state index is 0.547. The Bertz CT molecular complexity index is 645. The van der Waals surface area contributed by atoms with E-state index in [0.717, 1.165) is 43.2 Å². The Hall–Kier alpha value is -2.04. The summed E-state index contributed by atoms with van der Waals surface area (Å²) < 4.78 is 11.5. The molecule has 1 atom stereocenters. The molecule has 3 rings (SSSR count). The van der Waals surface area contributed by atoms with Crippen molar-refractivity contribution in [3.05, 3.63) is 59.7 Å². The van der Waals surface area contributed by atoms with Crippen LogP contribution in [0.4, 0.5) is 0 Å². The van der Waals surface area contributed by atoms with Crippen LogP contribution in [0.2, 0.25) is 0 Å². The van der Waals surface area contributed by atoms with Gasteiger partial charge in [0, 0.05) is 32.2 Å². The van der Waals surface area contributed by atoms with E-state index in [4.69, 9.17) is 9.47 Å². The topological polar surface area (TPSA) is 33.7 Å². The highest BCUT2D eigenvalue weighted by Crippen LogP contribution is 2.29. The van der Waals surface area contributed by atoms with Crippen LogP contribution >= 0.6 is 0 Å². The Morgan fingerprint density at radius 3 is 2.67 bits per heavy atom. The van der Waals surface area contributed by atoms with Gasteiger partial charge < -0.3 is 14.8 Å². The van der Waals surface area contributed by atoms with Crippen LogP contribution in [0.3, 0.4) is 0 Å². The maximum Gasteiger partial charge on any atom is 0.161 e. The van der Waals surface area contributed by atoms with Gasteiger partial charge in [-0.15, -0.1) is 0 Å². The Kier molecular flexibility index (Phi) is 5.72. The second-order valence-corrected chi connectivity index (χ2v) is 6.35. The van der Waals surface area contributed by atoms with Crippen molar-refractivity contribution in [2.75, 3.05) is 26.7 Å². The Morgan fingerprint density at radius 2 is 1.92 bits per heavy atom. The van der Waals surface area contributed by atoms with Crippen LogP contribution in [0.15, 0.2) is 48.5 Å². The number of methoxy groups -OCH3 is 1. The van der Waals surface area contributed by atoms with Crippen molar-refractivity contribution in [3.63, 3.8) is 0 Å². The number of rotatable bonds is 6. The monoisotopic (exact) mass is 326 g/mol. The third-order valence-electron chi connectivity index (χ3n) is 4.32. The molecule has 0 spiro atoms. The largest absolute Gasteiger partial charge is 0.493 e. The molecule has 1 aliphatic heterocycles. The average Bonchev–Trinajstić information content (AvgIpc) is 2.61. The van der Waals surface area contributed by atoms with E-state index in [-0.39, 0.29) is 0 Å². The van der Waals surface area contributed by atoms with Crippen LogP contribution in [-0.4, -0.2) is 37.7 Å². The molecule has 1 N–H and O–H groups in total. The van der Waals surface area contributed by atoms with Gasteiger partial charge in [-0.25, -0.2) is 0 Å². The highest BCUT2D eigenvalue weighted by atomic mass is 16.5. The van der Waals surface area contributed by atoms with Crippen LogP contribution in [0, 0.1) is 0 Å². The fraction of sp³-hybridized carbons (Fsp3) is 0.400. The molecule has 0 amide bonds. The lowest BCUT2D eigenvalue weighted by atomic mass is 10.1. The highest BCUT2D eigenvalue weighted by Gasteiger charge is 2.16. The zero-order valence-electron chi connectivity index (χ0n) is 14.5. The molecule has 4 nitrogen and oxygen atoms in total. The maximum atomic E-state index is 5.93. The molecule has 4 heteroatoms. The Labute approximate surface area is 144 Å². The fourth-order valence-electron chi connectivity index (χ4n) is 3.08. The average molecular weight is 326 g/mol. The first-order chi connectivity index (χ1) is 11.7. The van der Waals surface area contributed by atoms with Gasteiger partial charge in [-0.1, -0.05) is 36.4 Å². The first kappa shape index (κ1) is 16.8. The number of benzene rings is 2. The van der Waals surface area contributed by atoms with E-state index >= 15 is 0 Å². The molecule has 0 aliphatic carbocycles. The van der Waals surface area contributed by atoms with E-state index in [2.05, 4.69) is 41.4 Å². The van der Waals surface area contributed by atoms with Crippen LogP contribution in [-0.2, 0) is 13.2 Å². The summed E-state index contributed by atoms with van der Waals surface area (Å²) in [6, 6.07) is 17.0. The molecule has 1 heterocycles. The number of hydrogen-bond acceptors (Lipinski definition) is 4. The van der Waals surface area contributed by atoms with Gasteiger partial charge in [-0.2, -0.15) is 0 Å². The highest BCUT2D eigenvalue weighted by molar-refractivity contribution is 5.43. The lowest BCUT2D eigenvalue weighted by molar-refractivity contribution is 0.199. The molecule has 1 fully saturated rings. The van der Waals surface area contributed by atoms with Gasteiger partial charge in [0.1, 0.15) is 6.61 Å². The van der Waals surface area contributed by atoms with Gasteiger partial charge in [0.25, 0.3) is 0 Å². The Balaban J connectivity index is 1.64. The molecule has 0 aromatic heterocycles.